The van der Waals surface area contributed by atoms with E-state index >= 15 is 0 Å². The Kier molecular flexibility index (Phi) is 3.73. The molecule has 118 valence electrons. The van der Waals surface area contributed by atoms with Gasteiger partial charge in [-0.2, -0.15) is 9.40 Å². The Bertz CT molecular complexity index is 799. The molecule has 8 heteroatoms. The van der Waals surface area contributed by atoms with Crippen molar-refractivity contribution in [2.75, 3.05) is 12.8 Å². The second-order valence-corrected chi connectivity index (χ2v) is 7.56. The van der Waals surface area contributed by atoms with Crippen molar-refractivity contribution >= 4 is 10.0 Å². The molecular weight excluding hydrogens is 302 g/mol. The Hall–Kier alpha value is -1.80. The lowest BCUT2D eigenvalue weighted by Gasteiger charge is -2.21. The molecule has 1 saturated heterocycles. The predicted octanol–water partition coefficient (Wildman–Crippen LogP) is 1.28. The molecule has 1 atom stereocenters. The zero-order chi connectivity index (χ0) is 15.9. The van der Waals surface area contributed by atoms with Gasteiger partial charge in [-0.3, -0.25) is 4.68 Å². The van der Waals surface area contributed by atoms with Gasteiger partial charge in [0.05, 0.1) is 23.7 Å². The molecule has 3 rings (SSSR count). The van der Waals surface area contributed by atoms with E-state index < -0.39 is 10.0 Å². The van der Waals surface area contributed by atoms with Gasteiger partial charge in [-0.05, 0) is 31.9 Å². The molecule has 1 aliphatic rings. The minimum absolute atomic E-state index is 0.276. The summed E-state index contributed by atoms with van der Waals surface area (Å²) in [5, 5.41) is 4.15. The van der Waals surface area contributed by atoms with E-state index in [-0.39, 0.29) is 6.04 Å². The van der Waals surface area contributed by atoms with E-state index in [4.69, 9.17) is 0 Å². The van der Waals surface area contributed by atoms with Crippen LogP contribution in [0, 0.1) is 6.92 Å². The molecule has 3 heterocycles. The number of hydrogen-bond acceptors (Lipinski definition) is 5. The molecule has 0 aliphatic carbocycles. The van der Waals surface area contributed by atoms with E-state index in [1.54, 1.807) is 10.9 Å². The molecule has 0 N–H and O–H groups in total. The second kappa shape index (κ2) is 5.44. The average Bonchev–Trinajstić information content (AvgIpc) is 3.05. The van der Waals surface area contributed by atoms with Crippen LogP contribution >= 0.6 is 0 Å². The lowest BCUT2D eigenvalue weighted by Crippen LogP contribution is -2.30. The summed E-state index contributed by atoms with van der Waals surface area (Å²) in [6.45, 7) is 2.42. The third-order valence-corrected chi connectivity index (χ3v) is 5.17. The maximum atomic E-state index is 11.9. The first-order chi connectivity index (χ1) is 10.4. The largest absolute Gasteiger partial charge is 0.266 e. The first-order valence-corrected chi connectivity index (χ1v) is 9.02. The summed E-state index contributed by atoms with van der Waals surface area (Å²) in [4.78, 5) is 9.08. The quantitative estimate of drug-likeness (QED) is 0.850. The maximum Gasteiger partial charge on any atom is 0.211 e. The average molecular weight is 321 g/mol. The summed E-state index contributed by atoms with van der Waals surface area (Å²) in [6.07, 6.45) is 4.53. The fraction of sp³-hybridized carbons (Fsp3) is 0.500. The lowest BCUT2D eigenvalue weighted by molar-refractivity contribution is 0.386. The van der Waals surface area contributed by atoms with Crippen LogP contribution in [0.2, 0.25) is 0 Å². The topological polar surface area (TPSA) is 81.0 Å². The van der Waals surface area contributed by atoms with Crippen molar-refractivity contribution in [2.24, 2.45) is 7.05 Å². The van der Waals surface area contributed by atoms with Crippen molar-refractivity contribution < 1.29 is 8.42 Å². The van der Waals surface area contributed by atoms with E-state index in [0.29, 0.717) is 12.4 Å². The van der Waals surface area contributed by atoms with Gasteiger partial charge in [-0.25, -0.2) is 18.4 Å². The van der Waals surface area contributed by atoms with Crippen LogP contribution in [0.25, 0.3) is 11.4 Å². The Morgan fingerprint density at radius 2 is 2.09 bits per heavy atom. The van der Waals surface area contributed by atoms with Gasteiger partial charge in [0.15, 0.2) is 0 Å². The van der Waals surface area contributed by atoms with Crippen molar-refractivity contribution in [1.82, 2.24) is 24.1 Å². The first kappa shape index (κ1) is 15.1. The van der Waals surface area contributed by atoms with Gasteiger partial charge in [0.25, 0.3) is 0 Å². The summed E-state index contributed by atoms with van der Waals surface area (Å²) in [7, 11) is -1.40. The van der Waals surface area contributed by atoms with Gasteiger partial charge in [0, 0.05) is 25.5 Å². The minimum atomic E-state index is -3.25. The molecule has 0 radical (unpaired) electrons. The summed E-state index contributed by atoms with van der Waals surface area (Å²) in [6, 6.07) is 3.50. The summed E-state index contributed by atoms with van der Waals surface area (Å²) in [5.74, 6) is 0.569. The van der Waals surface area contributed by atoms with Gasteiger partial charge >= 0.3 is 0 Å². The molecule has 7 nitrogen and oxygen atoms in total. The van der Waals surface area contributed by atoms with Crippen LogP contribution in [-0.4, -0.2) is 45.3 Å². The van der Waals surface area contributed by atoms with Crippen LogP contribution in [0.15, 0.2) is 18.3 Å². The van der Waals surface area contributed by atoms with Crippen LogP contribution in [0.3, 0.4) is 0 Å². The van der Waals surface area contributed by atoms with Crippen molar-refractivity contribution in [3.63, 3.8) is 0 Å². The number of nitrogens with zero attached hydrogens (tertiary/aromatic N) is 5. The number of aryl methyl sites for hydroxylation is 2. The fourth-order valence-corrected chi connectivity index (χ4v) is 4.01. The maximum absolute atomic E-state index is 11.9. The second-order valence-electron chi connectivity index (χ2n) is 5.62. The van der Waals surface area contributed by atoms with Gasteiger partial charge < -0.3 is 0 Å². The minimum Gasteiger partial charge on any atom is -0.266 e. The highest BCUT2D eigenvalue weighted by atomic mass is 32.2. The van der Waals surface area contributed by atoms with Gasteiger partial charge in [0.2, 0.25) is 10.0 Å². The molecule has 2 aromatic heterocycles. The highest BCUT2D eigenvalue weighted by molar-refractivity contribution is 7.88. The number of rotatable bonds is 3. The Labute approximate surface area is 130 Å². The molecule has 0 amide bonds. The van der Waals surface area contributed by atoms with Gasteiger partial charge in [0.1, 0.15) is 5.82 Å². The van der Waals surface area contributed by atoms with Crippen LogP contribution in [0.1, 0.15) is 30.4 Å². The van der Waals surface area contributed by atoms with Crippen molar-refractivity contribution in [2.45, 2.75) is 25.8 Å². The summed E-state index contributed by atoms with van der Waals surface area (Å²) in [5.41, 5.74) is 2.47. The van der Waals surface area contributed by atoms with Crippen LogP contribution in [-0.2, 0) is 17.1 Å². The zero-order valence-electron chi connectivity index (χ0n) is 12.9. The molecule has 0 saturated carbocycles. The smallest absolute Gasteiger partial charge is 0.211 e. The van der Waals surface area contributed by atoms with Gasteiger partial charge in [-0.1, -0.05) is 0 Å². The van der Waals surface area contributed by atoms with Crippen LogP contribution in [0.4, 0.5) is 0 Å². The summed E-state index contributed by atoms with van der Waals surface area (Å²) >= 11 is 0. The predicted molar refractivity (Wildman–Crippen MR) is 82.5 cm³/mol. The fourth-order valence-electron chi connectivity index (χ4n) is 2.89. The molecule has 1 fully saturated rings. The normalized spacial score (nSPS) is 19.7. The highest BCUT2D eigenvalue weighted by Crippen LogP contribution is 2.33. The number of hydrogen-bond donors (Lipinski definition) is 0. The molecule has 0 bridgehead atoms. The monoisotopic (exact) mass is 321 g/mol. The van der Waals surface area contributed by atoms with E-state index in [9.17, 15) is 8.42 Å². The SMILES string of the molecule is Cc1cc(-c2ccnn2C)nc(C2CCCN2S(C)(=O)=O)n1. The molecule has 1 unspecified atom stereocenters. The van der Waals surface area contributed by atoms with Gasteiger partial charge in [-0.15, -0.1) is 0 Å². The Morgan fingerprint density at radius 3 is 2.73 bits per heavy atom. The first-order valence-electron chi connectivity index (χ1n) is 7.17. The molecular formula is C14H19N5O2S. The van der Waals surface area contributed by atoms with Crippen LogP contribution < -0.4 is 0 Å². The zero-order valence-corrected chi connectivity index (χ0v) is 13.7. The van der Waals surface area contributed by atoms with Crippen molar-refractivity contribution in [1.29, 1.82) is 0 Å². The summed E-state index contributed by atoms with van der Waals surface area (Å²) < 4.78 is 27.1. The molecule has 2 aromatic rings. The lowest BCUT2D eigenvalue weighted by atomic mass is 10.2. The van der Waals surface area contributed by atoms with E-state index in [1.165, 1.54) is 10.6 Å². The number of aromatic nitrogens is 4. The van der Waals surface area contributed by atoms with Crippen molar-refractivity contribution in [3.05, 3.63) is 29.8 Å². The molecule has 0 aromatic carbocycles. The third kappa shape index (κ3) is 2.76. The third-order valence-electron chi connectivity index (χ3n) is 3.88. The Balaban J connectivity index is 2.05. The van der Waals surface area contributed by atoms with Crippen LogP contribution in [0.5, 0.6) is 0 Å². The van der Waals surface area contributed by atoms with E-state index in [2.05, 4.69) is 15.1 Å². The highest BCUT2D eigenvalue weighted by Gasteiger charge is 2.34. The van der Waals surface area contributed by atoms with E-state index in [1.807, 2.05) is 26.1 Å². The van der Waals surface area contributed by atoms with E-state index in [0.717, 1.165) is 29.9 Å². The molecule has 0 spiro atoms. The number of sulfonamides is 1. The molecule has 1 aliphatic heterocycles. The standard InChI is InChI=1S/C14H19N5O2S/c1-10-9-11(12-6-7-15-18(12)2)17-14(16-10)13-5-4-8-19(13)22(3,20)21/h6-7,9,13H,4-5,8H2,1-3H3. The van der Waals surface area contributed by atoms with Crippen molar-refractivity contribution in [3.8, 4) is 11.4 Å². The Morgan fingerprint density at radius 1 is 1.32 bits per heavy atom. The molecule has 22 heavy (non-hydrogen) atoms.